The van der Waals surface area contributed by atoms with E-state index in [9.17, 15) is 8.78 Å². The number of rotatable bonds is 3. The van der Waals surface area contributed by atoms with E-state index in [-0.39, 0.29) is 16.1 Å². The molecule has 0 fully saturated rings. The quantitative estimate of drug-likeness (QED) is 0.318. The lowest BCUT2D eigenvalue weighted by atomic mass is 9.92. The topological polar surface area (TPSA) is 0 Å². The van der Waals surface area contributed by atoms with Crippen LogP contribution in [0.4, 0.5) is 13.2 Å². The zero-order chi connectivity index (χ0) is 19.1. The van der Waals surface area contributed by atoms with Gasteiger partial charge in [0.1, 0.15) is 17.5 Å². The number of hydrogen-bond donors (Lipinski definition) is 0. The minimum atomic E-state index is -0.727. The Kier molecular flexibility index (Phi) is 4.56. The Morgan fingerprint density at radius 3 is 2.22 bits per heavy atom. The van der Waals surface area contributed by atoms with Crippen LogP contribution in [0.15, 0.2) is 54.6 Å². The van der Waals surface area contributed by atoms with E-state index in [1.54, 1.807) is 6.07 Å². The van der Waals surface area contributed by atoms with Crippen LogP contribution in [-0.4, -0.2) is 0 Å². The summed E-state index contributed by atoms with van der Waals surface area (Å²) in [5, 5.41) is 2.57. The highest BCUT2D eigenvalue weighted by atomic mass is 35.5. The molecule has 0 aliphatic rings. The summed E-state index contributed by atoms with van der Waals surface area (Å²) in [4.78, 5) is 0. The standard InChI is InChI=1S/C23H16ClF3/c1-2-5-13-10-18-17(16-7-4-3-6-15(13)16)12-21(26)22(23(18)27)14-8-9-19(24)20(25)11-14/h3-4,6-12H,2,5H2,1H3. The molecule has 0 unspecified atom stereocenters. The van der Waals surface area contributed by atoms with Crippen molar-refractivity contribution >= 4 is 33.1 Å². The van der Waals surface area contributed by atoms with Crippen LogP contribution in [0.2, 0.25) is 5.02 Å². The smallest absolute Gasteiger partial charge is 0.142 e. The van der Waals surface area contributed by atoms with Gasteiger partial charge in [0.15, 0.2) is 0 Å². The number of benzene rings is 4. The molecular formula is C23H16ClF3. The molecule has 0 atom stereocenters. The first-order valence-electron chi connectivity index (χ1n) is 8.79. The van der Waals surface area contributed by atoms with Gasteiger partial charge in [-0.2, -0.15) is 0 Å². The van der Waals surface area contributed by atoms with Crippen LogP contribution in [0.3, 0.4) is 0 Å². The van der Waals surface area contributed by atoms with Gasteiger partial charge in [-0.15, -0.1) is 0 Å². The first kappa shape index (κ1) is 17.9. The minimum Gasteiger partial charge on any atom is -0.206 e. The Bertz CT molecular complexity index is 1180. The third-order valence-corrected chi connectivity index (χ3v) is 5.17. The number of fused-ring (bicyclic) bond motifs is 3. The zero-order valence-electron chi connectivity index (χ0n) is 14.6. The van der Waals surface area contributed by atoms with Gasteiger partial charge in [0.25, 0.3) is 0 Å². The molecule has 0 spiro atoms. The Hall–Kier alpha value is -2.52. The third-order valence-electron chi connectivity index (χ3n) is 4.87. The molecule has 27 heavy (non-hydrogen) atoms. The Morgan fingerprint density at radius 2 is 1.52 bits per heavy atom. The van der Waals surface area contributed by atoms with E-state index in [2.05, 4.69) is 6.92 Å². The van der Waals surface area contributed by atoms with E-state index in [0.29, 0.717) is 10.8 Å². The van der Waals surface area contributed by atoms with Crippen molar-refractivity contribution in [3.8, 4) is 11.1 Å². The second-order valence-electron chi connectivity index (χ2n) is 6.60. The fourth-order valence-electron chi connectivity index (χ4n) is 3.64. The third kappa shape index (κ3) is 2.96. The molecule has 0 aromatic heterocycles. The highest BCUT2D eigenvalue weighted by Gasteiger charge is 2.19. The van der Waals surface area contributed by atoms with Crippen molar-refractivity contribution in [3.63, 3.8) is 0 Å². The van der Waals surface area contributed by atoms with Crippen molar-refractivity contribution in [2.45, 2.75) is 19.8 Å². The highest BCUT2D eigenvalue weighted by Crippen LogP contribution is 2.37. The largest absolute Gasteiger partial charge is 0.206 e. The average Bonchev–Trinajstić information content (AvgIpc) is 2.66. The number of aryl methyl sites for hydroxylation is 1. The van der Waals surface area contributed by atoms with Crippen molar-refractivity contribution in [2.24, 2.45) is 0 Å². The summed E-state index contributed by atoms with van der Waals surface area (Å²) in [5.74, 6) is -2.12. The normalized spacial score (nSPS) is 11.4. The summed E-state index contributed by atoms with van der Waals surface area (Å²) in [6.07, 6.45) is 1.70. The van der Waals surface area contributed by atoms with Gasteiger partial charge in [-0.05, 0) is 58.0 Å². The lowest BCUT2D eigenvalue weighted by Gasteiger charge is -2.14. The first-order chi connectivity index (χ1) is 13.0. The molecule has 4 aromatic rings. The summed E-state index contributed by atoms with van der Waals surface area (Å²) in [5.41, 5.74) is 0.897. The summed E-state index contributed by atoms with van der Waals surface area (Å²) in [6, 6.07) is 14.5. The molecule has 0 aliphatic carbocycles. The SMILES string of the molecule is CCCc1cc2c(F)c(-c3ccc(Cl)c(F)c3)c(F)cc2c2ccccc12. The van der Waals surface area contributed by atoms with E-state index >= 15 is 4.39 Å². The van der Waals surface area contributed by atoms with E-state index in [0.717, 1.165) is 35.2 Å². The predicted octanol–water partition coefficient (Wildman–Crippen LogP) is 7.68. The van der Waals surface area contributed by atoms with Crippen LogP contribution in [0.5, 0.6) is 0 Å². The Morgan fingerprint density at radius 1 is 0.778 bits per heavy atom. The first-order valence-corrected chi connectivity index (χ1v) is 9.16. The van der Waals surface area contributed by atoms with Crippen molar-refractivity contribution in [1.29, 1.82) is 0 Å². The molecule has 0 saturated heterocycles. The van der Waals surface area contributed by atoms with Crippen molar-refractivity contribution in [2.75, 3.05) is 0 Å². The fourth-order valence-corrected chi connectivity index (χ4v) is 3.76. The van der Waals surface area contributed by atoms with Crippen LogP contribution < -0.4 is 0 Å². The number of halogens is 4. The van der Waals surface area contributed by atoms with Crippen LogP contribution in [0, 0.1) is 17.5 Å². The maximum Gasteiger partial charge on any atom is 0.142 e. The maximum atomic E-state index is 15.4. The van der Waals surface area contributed by atoms with Crippen LogP contribution in [-0.2, 0) is 6.42 Å². The van der Waals surface area contributed by atoms with E-state index in [1.165, 1.54) is 18.2 Å². The van der Waals surface area contributed by atoms with Crippen LogP contribution >= 0.6 is 11.6 Å². The second kappa shape index (κ2) is 6.90. The lowest BCUT2D eigenvalue weighted by molar-refractivity contribution is 0.597. The van der Waals surface area contributed by atoms with Crippen LogP contribution in [0.1, 0.15) is 18.9 Å². The molecule has 4 heteroatoms. The maximum absolute atomic E-state index is 15.4. The Labute approximate surface area is 160 Å². The molecule has 4 aromatic carbocycles. The molecule has 136 valence electrons. The van der Waals surface area contributed by atoms with Crippen molar-refractivity contribution in [1.82, 2.24) is 0 Å². The monoisotopic (exact) mass is 384 g/mol. The van der Waals surface area contributed by atoms with Gasteiger partial charge >= 0.3 is 0 Å². The van der Waals surface area contributed by atoms with E-state index in [1.807, 2.05) is 24.3 Å². The van der Waals surface area contributed by atoms with Crippen molar-refractivity contribution in [3.05, 3.63) is 82.6 Å². The summed E-state index contributed by atoms with van der Waals surface area (Å²) < 4.78 is 44.1. The van der Waals surface area contributed by atoms with Gasteiger partial charge in [0.05, 0.1) is 10.6 Å². The molecule has 4 rings (SSSR count). The molecular weight excluding hydrogens is 369 g/mol. The minimum absolute atomic E-state index is 0.0865. The van der Waals surface area contributed by atoms with E-state index in [4.69, 9.17) is 11.6 Å². The second-order valence-corrected chi connectivity index (χ2v) is 7.01. The van der Waals surface area contributed by atoms with Gasteiger partial charge in [-0.1, -0.05) is 55.3 Å². The van der Waals surface area contributed by atoms with Crippen molar-refractivity contribution < 1.29 is 13.2 Å². The molecule has 0 bridgehead atoms. The number of hydrogen-bond acceptors (Lipinski definition) is 0. The molecule has 0 nitrogen and oxygen atoms in total. The van der Waals surface area contributed by atoms with E-state index < -0.39 is 17.5 Å². The van der Waals surface area contributed by atoms with Gasteiger partial charge in [-0.3, -0.25) is 0 Å². The van der Waals surface area contributed by atoms with Gasteiger partial charge in [-0.25, -0.2) is 13.2 Å². The predicted molar refractivity (Wildman–Crippen MR) is 106 cm³/mol. The van der Waals surface area contributed by atoms with Gasteiger partial charge in [0.2, 0.25) is 0 Å². The summed E-state index contributed by atoms with van der Waals surface area (Å²) in [6.45, 7) is 2.06. The van der Waals surface area contributed by atoms with Crippen LogP contribution in [0.25, 0.3) is 32.7 Å². The fraction of sp³-hybridized carbons (Fsp3) is 0.130. The highest BCUT2D eigenvalue weighted by molar-refractivity contribution is 6.30. The lowest BCUT2D eigenvalue weighted by Crippen LogP contribution is -1.96. The average molecular weight is 385 g/mol. The molecule has 0 radical (unpaired) electrons. The molecule has 0 heterocycles. The summed E-state index contributed by atoms with van der Waals surface area (Å²) >= 11 is 5.70. The molecule has 0 aliphatic heterocycles. The van der Waals surface area contributed by atoms with Gasteiger partial charge in [0, 0.05) is 5.39 Å². The van der Waals surface area contributed by atoms with Gasteiger partial charge < -0.3 is 0 Å². The zero-order valence-corrected chi connectivity index (χ0v) is 15.4. The Balaban J connectivity index is 2.09. The molecule has 0 saturated carbocycles. The molecule has 0 amide bonds. The molecule has 0 N–H and O–H groups in total. The summed E-state index contributed by atoms with van der Waals surface area (Å²) in [7, 11) is 0.